The third-order valence-electron chi connectivity index (χ3n) is 2.99. The van der Waals surface area contributed by atoms with Crippen LogP contribution in [0.5, 0.6) is 0 Å². The van der Waals surface area contributed by atoms with Gasteiger partial charge < -0.3 is 9.64 Å². The number of carbonyl (C=O) groups excluding carboxylic acids is 1. The number of rotatable bonds is 2. The van der Waals surface area contributed by atoms with Crippen LogP contribution in [0.4, 0.5) is 0 Å². The van der Waals surface area contributed by atoms with E-state index in [0.717, 1.165) is 0 Å². The van der Waals surface area contributed by atoms with E-state index in [0.29, 0.717) is 39.4 Å². The van der Waals surface area contributed by atoms with E-state index in [1.807, 2.05) is 0 Å². The highest BCUT2D eigenvalue weighted by atomic mass is 32.2. The van der Waals surface area contributed by atoms with Gasteiger partial charge in [0.05, 0.1) is 25.4 Å². The first-order valence-electron chi connectivity index (χ1n) is 5.30. The highest BCUT2D eigenvalue weighted by Gasteiger charge is 2.39. The first kappa shape index (κ1) is 11.8. The molecule has 2 aliphatic rings. The topological polar surface area (TPSA) is 66.9 Å². The number of morpholine rings is 1. The molecule has 0 atom stereocenters. The lowest BCUT2D eigenvalue weighted by Gasteiger charge is -2.39. The molecule has 0 radical (unpaired) electrons. The molecule has 0 unspecified atom stereocenters. The number of nitrogens with zero attached hydrogens (tertiary/aromatic N) is 2. The standard InChI is InChI=1S/C9H16N2O4S/c1-16(13,14)11-6-8(7-11)9(12)10-2-4-15-5-3-10/h8H,2-7H2,1H3. The van der Waals surface area contributed by atoms with Crippen molar-refractivity contribution in [1.82, 2.24) is 9.21 Å². The van der Waals surface area contributed by atoms with Crippen molar-refractivity contribution in [1.29, 1.82) is 0 Å². The SMILES string of the molecule is CS(=O)(=O)N1CC(C(=O)N2CCOCC2)C1. The molecule has 0 aromatic heterocycles. The van der Waals surface area contributed by atoms with Crippen LogP contribution in [0.25, 0.3) is 0 Å². The van der Waals surface area contributed by atoms with Gasteiger partial charge in [-0.15, -0.1) is 0 Å². The van der Waals surface area contributed by atoms with Gasteiger partial charge >= 0.3 is 0 Å². The first-order chi connectivity index (χ1) is 7.48. The van der Waals surface area contributed by atoms with Crippen molar-refractivity contribution in [3.63, 3.8) is 0 Å². The minimum absolute atomic E-state index is 0.0585. The van der Waals surface area contributed by atoms with Crippen LogP contribution in [-0.4, -0.2) is 69.2 Å². The Morgan fingerprint density at radius 3 is 2.31 bits per heavy atom. The number of ether oxygens (including phenoxy) is 1. The monoisotopic (exact) mass is 248 g/mol. The molecule has 0 aromatic carbocycles. The summed E-state index contributed by atoms with van der Waals surface area (Å²) in [5.74, 6) is -0.101. The van der Waals surface area contributed by atoms with Crippen molar-refractivity contribution in [2.75, 3.05) is 45.6 Å². The molecular formula is C9H16N2O4S. The predicted molar refractivity (Wildman–Crippen MR) is 57.3 cm³/mol. The van der Waals surface area contributed by atoms with Crippen molar-refractivity contribution in [3.05, 3.63) is 0 Å². The fraction of sp³-hybridized carbons (Fsp3) is 0.889. The van der Waals surface area contributed by atoms with Crippen LogP contribution in [0, 0.1) is 5.92 Å². The van der Waals surface area contributed by atoms with Gasteiger partial charge in [0, 0.05) is 26.2 Å². The lowest BCUT2D eigenvalue weighted by molar-refractivity contribution is -0.143. The summed E-state index contributed by atoms with van der Waals surface area (Å²) in [5, 5.41) is 0. The highest BCUT2D eigenvalue weighted by molar-refractivity contribution is 7.88. The van der Waals surface area contributed by atoms with Crippen LogP contribution in [0.15, 0.2) is 0 Å². The average molecular weight is 248 g/mol. The van der Waals surface area contributed by atoms with Gasteiger partial charge in [-0.25, -0.2) is 12.7 Å². The molecule has 2 fully saturated rings. The largest absolute Gasteiger partial charge is 0.378 e. The van der Waals surface area contributed by atoms with Gasteiger partial charge in [-0.1, -0.05) is 0 Å². The zero-order valence-corrected chi connectivity index (χ0v) is 10.1. The van der Waals surface area contributed by atoms with Crippen molar-refractivity contribution in [2.24, 2.45) is 5.92 Å². The van der Waals surface area contributed by atoms with Crippen molar-refractivity contribution < 1.29 is 17.9 Å². The number of hydrogen-bond acceptors (Lipinski definition) is 4. The molecule has 0 N–H and O–H groups in total. The molecule has 0 aliphatic carbocycles. The Morgan fingerprint density at radius 1 is 1.25 bits per heavy atom. The highest BCUT2D eigenvalue weighted by Crippen LogP contribution is 2.21. The molecule has 2 aliphatic heterocycles. The maximum Gasteiger partial charge on any atom is 0.228 e. The van der Waals surface area contributed by atoms with Crippen molar-refractivity contribution in [3.8, 4) is 0 Å². The molecule has 0 bridgehead atoms. The summed E-state index contributed by atoms with van der Waals surface area (Å²) in [6.45, 7) is 3.05. The van der Waals surface area contributed by atoms with Gasteiger partial charge in [0.25, 0.3) is 0 Å². The first-order valence-corrected chi connectivity index (χ1v) is 7.15. The van der Waals surface area contributed by atoms with Crippen LogP contribution in [0.3, 0.4) is 0 Å². The molecule has 2 saturated heterocycles. The minimum Gasteiger partial charge on any atom is -0.378 e. The molecular weight excluding hydrogens is 232 g/mol. The Morgan fingerprint density at radius 2 is 1.81 bits per heavy atom. The Hall–Kier alpha value is -0.660. The van der Waals surface area contributed by atoms with Crippen LogP contribution < -0.4 is 0 Å². The molecule has 1 amide bonds. The quantitative estimate of drug-likeness (QED) is 0.611. The summed E-state index contributed by atoms with van der Waals surface area (Å²) >= 11 is 0. The van der Waals surface area contributed by atoms with E-state index >= 15 is 0 Å². The van der Waals surface area contributed by atoms with Gasteiger partial charge in [-0.05, 0) is 0 Å². The molecule has 7 heteroatoms. The van der Waals surface area contributed by atoms with Crippen molar-refractivity contribution in [2.45, 2.75) is 0 Å². The van der Waals surface area contributed by atoms with E-state index in [-0.39, 0.29) is 11.8 Å². The third kappa shape index (κ3) is 2.36. The summed E-state index contributed by atoms with van der Waals surface area (Å²) < 4.78 is 28.8. The van der Waals surface area contributed by atoms with E-state index in [4.69, 9.17) is 4.74 Å². The van der Waals surface area contributed by atoms with E-state index in [1.54, 1.807) is 4.90 Å². The maximum absolute atomic E-state index is 11.9. The predicted octanol–water partition coefficient (Wildman–Crippen LogP) is -1.26. The van der Waals surface area contributed by atoms with Crippen molar-refractivity contribution >= 4 is 15.9 Å². The molecule has 0 saturated carbocycles. The van der Waals surface area contributed by atoms with Gasteiger partial charge in [0.2, 0.25) is 15.9 Å². The molecule has 0 aromatic rings. The molecule has 16 heavy (non-hydrogen) atoms. The second-order valence-electron chi connectivity index (χ2n) is 4.21. The normalized spacial score (nSPS) is 24.2. The summed E-state index contributed by atoms with van der Waals surface area (Å²) in [5.41, 5.74) is 0. The van der Waals surface area contributed by atoms with Gasteiger partial charge in [-0.3, -0.25) is 4.79 Å². The molecule has 92 valence electrons. The van der Waals surface area contributed by atoms with E-state index in [2.05, 4.69) is 0 Å². The Labute approximate surface area is 95.2 Å². The Kier molecular flexibility index (Phi) is 3.18. The number of carbonyl (C=O) groups is 1. The second-order valence-corrected chi connectivity index (χ2v) is 6.20. The fourth-order valence-corrected chi connectivity index (χ4v) is 2.81. The van der Waals surface area contributed by atoms with Crippen LogP contribution >= 0.6 is 0 Å². The van der Waals surface area contributed by atoms with E-state index in [9.17, 15) is 13.2 Å². The van der Waals surface area contributed by atoms with E-state index in [1.165, 1.54) is 10.6 Å². The van der Waals surface area contributed by atoms with Crippen LogP contribution in [-0.2, 0) is 19.6 Å². The van der Waals surface area contributed by atoms with Crippen LogP contribution in [0.2, 0.25) is 0 Å². The summed E-state index contributed by atoms with van der Waals surface area (Å²) in [7, 11) is -3.13. The molecule has 2 heterocycles. The number of amides is 1. The van der Waals surface area contributed by atoms with Gasteiger partial charge in [-0.2, -0.15) is 0 Å². The third-order valence-corrected chi connectivity index (χ3v) is 4.23. The lowest BCUT2D eigenvalue weighted by Crippen LogP contribution is -2.57. The minimum atomic E-state index is -3.13. The molecule has 2 rings (SSSR count). The van der Waals surface area contributed by atoms with E-state index < -0.39 is 10.0 Å². The Balaban J connectivity index is 1.85. The zero-order chi connectivity index (χ0) is 11.8. The fourth-order valence-electron chi connectivity index (χ4n) is 1.91. The molecule has 6 nitrogen and oxygen atoms in total. The molecule has 0 spiro atoms. The van der Waals surface area contributed by atoms with Crippen LogP contribution in [0.1, 0.15) is 0 Å². The lowest BCUT2D eigenvalue weighted by atomic mass is 10.0. The summed E-state index contributed by atoms with van der Waals surface area (Å²) in [4.78, 5) is 13.7. The summed E-state index contributed by atoms with van der Waals surface area (Å²) in [6.07, 6.45) is 1.17. The smallest absolute Gasteiger partial charge is 0.228 e. The van der Waals surface area contributed by atoms with Gasteiger partial charge in [0.1, 0.15) is 0 Å². The number of sulfonamides is 1. The Bertz CT molecular complexity index is 369. The second kappa shape index (κ2) is 4.31. The zero-order valence-electron chi connectivity index (χ0n) is 9.26. The number of hydrogen-bond donors (Lipinski definition) is 0. The maximum atomic E-state index is 11.9. The average Bonchev–Trinajstić information content (AvgIpc) is 2.14. The van der Waals surface area contributed by atoms with Gasteiger partial charge in [0.15, 0.2) is 0 Å². The summed E-state index contributed by atoms with van der Waals surface area (Å²) in [6, 6.07) is 0.